The van der Waals surface area contributed by atoms with Crippen molar-refractivity contribution in [2.45, 2.75) is 13.0 Å². The Morgan fingerprint density at radius 3 is 2.72 bits per heavy atom. The minimum atomic E-state index is -0.367. The minimum Gasteiger partial charge on any atom is -0.343 e. The average molecular weight is 457 g/mol. The van der Waals surface area contributed by atoms with E-state index in [1.54, 1.807) is 26.4 Å². The average Bonchev–Trinajstić information content (AvgIpc) is 3.03. The summed E-state index contributed by atoms with van der Waals surface area (Å²) in [4.78, 5) is 19.9. The summed E-state index contributed by atoms with van der Waals surface area (Å²) < 4.78 is 3.17. The van der Waals surface area contributed by atoms with Crippen molar-refractivity contribution in [1.29, 1.82) is 10.8 Å². The summed E-state index contributed by atoms with van der Waals surface area (Å²) in [5.74, 6) is -0.367. The zero-order valence-corrected chi connectivity index (χ0v) is 18.5. The highest BCUT2D eigenvalue weighted by Crippen LogP contribution is 2.26. The van der Waals surface area contributed by atoms with Crippen LogP contribution in [-0.4, -0.2) is 63.9 Å². The van der Waals surface area contributed by atoms with E-state index in [9.17, 15) is 4.79 Å². The van der Waals surface area contributed by atoms with E-state index in [0.29, 0.717) is 5.71 Å². The predicted molar refractivity (Wildman–Crippen MR) is 120 cm³/mol. The van der Waals surface area contributed by atoms with Crippen LogP contribution in [0.15, 0.2) is 46.6 Å². The maximum atomic E-state index is 11.7. The molecule has 0 fully saturated rings. The van der Waals surface area contributed by atoms with E-state index in [1.807, 2.05) is 13.1 Å². The number of amides is 1. The molecule has 0 aliphatic carbocycles. The second kappa shape index (κ2) is 8.84. The summed E-state index contributed by atoms with van der Waals surface area (Å²) in [5, 5.41) is 17.1. The first-order valence-corrected chi connectivity index (χ1v) is 10.1. The second-order valence-electron chi connectivity index (χ2n) is 7.30. The van der Waals surface area contributed by atoms with E-state index < -0.39 is 0 Å². The molecule has 1 aliphatic heterocycles. The number of aryl methyl sites for hydroxylation is 1. The van der Waals surface area contributed by atoms with Crippen molar-refractivity contribution in [3.63, 3.8) is 0 Å². The van der Waals surface area contributed by atoms with Gasteiger partial charge in [-0.15, -0.1) is 0 Å². The fourth-order valence-corrected chi connectivity index (χ4v) is 3.72. The normalized spacial score (nSPS) is 15.0. The number of nitrogens with one attached hydrogen (secondary N) is 2. The number of hydrogen-bond acceptors (Lipinski definition) is 5. The molecule has 3 rings (SSSR count). The van der Waals surface area contributed by atoms with Gasteiger partial charge < -0.3 is 14.9 Å². The molecule has 0 bridgehead atoms. The molecule has 0 saturated heterocycles. The third-order valence-corrected chi connectivity index (χ3v) is 5.74. The zero-order valence-electron chi connectivity index (χ0n) is 16.9. The minimum absolute atomic E-state index is 0.117. The number of hydrogen-bond donors (Lipinski definition) is 2. The molecule has 152 valence electrons. The number of rotatable bonds is 6. The first-order valence-electron chi connectivity index (χ1n) is 9.35. The van der Waals surface area contributed by atoms with Crippen LogP contribution in [0.25, 0.3) is 11.0 Å². The lowest BCUT2D eigenvalue weighted by molar-refractivity contribution is -0.121. The molecule has 8 heteroatoms. The summed E-state index contributed by atoms with van der Waals surface area (Å²) in [6, 6.07) is 4.12. The Kier molecular flexibility index (Phi) is 6.44. The summed E-state index contributed by atoms with van der Waals surface area (Å²) in [6.07, 6.45) is 7.57. The molecule has 0 aromatic carbocycles. The molecule has 0 atom stereocenters. The first-order chi connectivity index (χ1) is 13.8. The number of pyridine rings is 1. The van der Waals surface area contributed by atoms with Gasteiger partial charge in [0.05, 0.1) is 5.71 Å². The largest absolute Gasteiger partial charge is 0.343 e. The van der Waals surface area contributed by atoms with E-state index in [2.05, 4.69) is 42.5 Å². The fourth-order valence-electron chi connectivity index (χ4n) is 3.31. The lowest BCUT2D eigenvalue weighted by Crippen LogP contribution is -2.30. The van der Waals surface area contributed by atoms with E-state index in [4.69, 9.17) is 10.8 Å². The molecule has 0 saturated carbocycles. The van der Waals surface area contributed by atoms with E-state index in [0.717, 1.165) is 47.1 Å². The van der Waals surface area contributed by atoms with E-state index in [-0.39, 0.29) is 11.6 Å². The fraction of sp³-hybridized carbons (Fsp3) is 0.333. The molecule has 2 aromatic rings. The third kappa shape index (κ3) is 4.71. The van der Waals surface area contributed by atoms with Gasteiger partial charge >= 0.3 is 0 Å². The van der Waals surface area contributed by atoms with Crippen molar-refractivity contribution >= 4 is 44.3 Å². The quantitative estimate of drug-likeness (QED) is 0.654. The van der Waals surface area contributed by atoms with Crippen molar-refractivity contribution in [1.82, 2.24) is 19.4 Å². The Balaban J connectivity index is 1.63. The Morgan fingerprint density at radius 2 is 2.10 bits per heavy atom. The molecule has 0 radical (unpaired) electrons. The van der Waals surface area contributed by atoms with Crippen molar-refractivity contribution in [3.8, 4) is 0 Å². The Morgan fingerprint density at radius 1 is 1.34 bits per heavy atom. The number of carbonyl (C=O) groups excluding carboxylic acids is 1. The van der Waals surface area contributed by atoms with Gasteiger partial charge in [0.2, 0.25) is 0 Å². The van der Waals surface area contributed by atoms with Crippen LogP contribution in [0.3, 0.4) is 0 Å². The molecule has 0 spiro atoms. The van der Waals surface area contributed by atoms with Crippen molar-refractivity contribution in [2.24, 2.45) is 7.05 Å². The molecule has 2 N–H and O–H groups in total. The summed E-state index contributed by atoms with van der Waals surface area (Å²) >= 11 is 3.59. The van der Waals surface area contributed by atoms with Crippen LogP contribution in [0, 0.1) is 10.8 Å². The molecule has 0 unspecified atom stereocenters. The molecule has 2 aromatic heterocycles. The van der Waals surface area contributed by atoms with Crippen LogP contribution >= 0.6 is 15.9 Å². The van der Waals surface area contributed by atoms with Gasteiger partial charge in [0.15, 0.2) is 0 Å². The summed E-state index contributed by atoms with van der Waals surface area (Å²) in [6.45, 7) is 2.43. The van der Waals surface area contributed by atoms with Crippen LogP contribution in [0.4, 0.5) is 0 Å². The lowest BCUT2D eigenvalue weighted by atomic mass is 10.0. The van der Waals surface area contributed by atoms with Gasteiger partial charge in [-0.25, -0.2) is 4.98 Å². The van der Waals surface area contributed by atoms with Gasteiger partial charge in [-0.3, -0.25) is 15.1 Å². The monoisotopic (exact) mass is 456 g/mol. The maximum absolute atomic E-state index is 11.7. The van der Waals surface area contributed by atoms with E-state index in [1.165, 1.54) is 16.7 Å². The number of aromatic nitrogens is 2. The Labute approximate surface area is 178 Å². The SMILES string of the molecule is CN(C)C(=O)C(=N)/C=C\C(=N)C1=CCN(Cc2cc3c(Br)ccnc3n2C)CC1. The summed E-state index contributed by atoms with van der Waals surface area (Å²) in [7, 11) is 5.25. The van der Waals surface area contributed by atoms with Crippen molar-refractivity contribution in [3.05, 3.63) is 52.3 Å². The lowest BCUT2D eigenvalue weighted by Gasteiger charge is -2.26. The Hall–Kier alpha value is -2.58. The molecule has 29 heavy (non-hydrogen) atoms. The van der Waals surface area contributed by atoms with Crippen molar-refractivity contribution < 1.29 is 4.79 Å². The number of carbonyl (C=O) groups is 1. The number of nitrogens with zero attached hydrogens (tertiary/aromatic N) is 4. The van der Waals surface area contributed by atoms with Crippen LogP contribution in [0.5, 0.6) is 0 Å². The van der Waals surface area contributed by atoms with Crippen molar-refractivity contribution in [2.75, 3.05) is 27.2 Å². The molecule has 1 amide bonds. The van der Waals surface area contributed by atoms with Gasteiger partial charge in [-0.05, 0) is 52.2 Å². The summed E-state index contributed by atoms with van der Waals surface area (Å²) in [5.41, 5.74) is 3.35. The molecular formula is C21H25BrN6O. The number of allylic oxidation sites excluding steroid dienone is 1. The number of fused-ring (bicyclic) bond motifs is 1. The topological polar surface area (TPSA) is 89.1 Å². The predicted octanol–water partition coefficient (Wildman–Crippen LogP) is 3.15. The Bertz CT molecular complexity index is 1030. The molecule has 1 aliphatic rings. The highest BCUT2D eigenvalue weighted by Gasteiger charge is 2.17. The van der Waals surface area contributed by atoms with Crippen LogP contribution in [0.1, 0.15) is 12.1 Å². The van der Waals surface area contributed by atoms with Gasteiger partial charge in [0, 0.05) is 62.5 Å². The van der Waals surface area contributed by atoms with Gasteiger partial charge in [0.25, 0.3) is 5.91 Å². The maximum Gasteiger partial charge on any atom is 0.271 e. The zero-order chi connectivity index (χ0) is 21.1. The molecule has 7 nitrogen and oxygen atoms in total. The van der Waals surface area contributed by atoms with Crippen LogP contribution in [-0.2, 0) is 18.4 Å². The molecule has 3 heterocycles. The highest BCUT2D eigenvalue weighted by atomic mass is 79.9. The van der Waals surface area contributed by atoms with Gasteiger partial charge in [-0.2, -0.15) is 0 Å². The first kappa shape index (κ1) is 21.1. The van der Waals surface area contributed by atoms with E-state index >= 15 is 0 Å². The number of halogens is 1. The van der Waals surface area contributed by atoms with Crippen LogP contribution < -0.4 is 0 Å². The van der Waals surface area contributed by atoms with Gasteiger partial charge in [0.1, 0.15) is 11.4 Å². The standard InChI is InChI=1S/C21H25BrN6O/c1-26(2)21(29)19(24)5-4-18(23)14-7-10-28(11-8-14)13-15-12-16-17(22)6-9-25-20(16)27(15)3/h4-7,9,12,23-24H,8,10-11,13H2,1-3H3/b5-4-,23-18?,24-19?. The highest BCUT2D eigenvalue weighted by molar-refractivity contribution is 9.10. The molecular weight excluding hydrogens is 432 g/mol. The van der Waals surface area contributed by atoms with Gasteiger partial charge in [-0.1, -0.05) is 6.08 Å². The second-order valence-corrected chi connectivity index (χ2v) is 8.15. The van der Waals surface area contributed by atoms with Crippen LogP contribution in [0.2, 0.25) is 0 Å². The third-order valence-electron chi connectivity index (χ3n) is 5.05. The smallest absolute Gasteiger partial charge is 0.271 e.